The molecule has 1 fully saturated rings. The summed E-state index contributed by atoms with van der Waals surface area (Å²) >= 11 is 0. The van der Waals surface area contributed by atoms with Gasteiger partial charge in [-0.15, -0.1) is 0 Å². The Kier molecular flexibility index (Phi) is 1.95. The lowest BCUT2D eigenvalue weighted by Gasteiger charge is -2.04. The summed E-state index contributed by atoms with van der Waals surface area (Å²) in [6, 6.07) is 2.08. The van der Waals surface area contributed by atoms with E-state index in [4.69, 9.17) is 5.26 Å². The van der Waals surface area contributed by atoms with Crippen LogP contribution < -0.4 is 5.32 Å². The van der Waals surface area contributed by atoms with Crippen LogP contribution in [0.3, 0.4) is 0 Å². The molecule has 0 spiro atoms. The number of nitrogens with one attached hydrogen (secondary N) is 1. The largest absolute Gasteiger partial charge is 0.334 e. The quantitative estimate of drug-likeness (QED) is 0.590. The van der Waals surface area contributed by atoms with Gasteiger partial charge < -0.3 is 5.32 Å². The second kappa shape index (κ2) is 2.75. The number of amides is 1. The molecule has 0 heterocycles. The zero-order valence-electron chi connectivity index (χ0n) is 6.42. The normalized spacial score (nSPS) is 19.3. The molecular formula is C8H10N2O. The van der Waals surface area contributed by atoms with E-state index in [1.807, 2.05) is 0 Å². The summed E-state index contributed by atoms with van der Waals surface area (Å²) in [6.07, 6.45) is 4.65. The van der Waals surface area contributed by atoms with Gasteiger partial charge in [-0.05, 0) is 25.8 Å². The Labute approximate surface area is 65.7 Å². The van der Waals surface area contributed by atoms with Crippen LogP contribution in [-0.4, -0.2) is 11.4 Å². The second-order valence-corrected chi connectivity index (χ2v) is 2.68. The van der Waals surface area contributed by atoms with Gasteiger partial charge in [-0.3, -0.25) is 4.79 Å². The summed E-state index contributed by atoms with van der Waals surface area (Å²) in [5.41, 5.74) is -0.531. The molecule has 0 aromatic carbocycles. The molecule has 58 valence electrons. The summed E-state index contributed by atoms with van der Waals surface area (Å²) in [4.78, 5) is 10.9. The molecule has 3 nitrogen and oxygen atoms in total. The number of nitriles is 1. The summed E-state index contributed by atoms with van der Waals surface area (Å²) in [5, 5.41) is 11.2. The molecule has 0 unspecified atom stereocenters. The maximum absolute atomic E-state index is 10.9. The smallest absolute Gasteiger partial charge is 0.244 e. The lowest BCUT2D eigenvalue weighted by Crippen LogP contribution is -2.34. The number of nitrogens with zero attached hydrogens (tertiary/aromatic N) is 1. The monoisotopic (exact) mass is 150 g/mol. The summed E-state index contributed by atoms with van der Waals surface area (Å²) in [7, 11) is 0. The van der Waals surface area contributed by atoms with E-state index in [-0.39, 0.29) is 5.91 Å². The maximum Gasteiger partial charge on any atom is 0.244 e. The molecule has 3 heteroatoms. The summed E-state index contributed by atoms with van der Waals surface area (Å²) < 4.78 is 0. The van der Waals surface area contributed by atoms with E-state index in [9.17, 15) is 4.79 Å². The van der Waals surface area contributed by atoms with Crippen LogP contribution in [0.2, 0.25) is 0 Å². The van der Waals surface area contributed by atoms with Crippen molar-refractivity contribution in [2.45, 2.75) is 25.3 Å². The fourth-order valence-electron chi connectivity index (χ4n) is 0.819. The highest BCUT2D eigenvalue weighted by Crippen LogP contribution is 2.34. The van der Waals surface area contributed by atoms with Crippen molar-refractivity contribution in [3.8, 4) is 6.07 Å². The summed E-state index contributed by atoms with van der Waals surface area (Å²) in [6.45, 7) is 1.77. The van der Waals surface area contributed by atoms with Crippen LogP contribution in [0.1, 0.15) is 19.8 Å². The van der Waals surface area contributed by atoms with E-state index in [0.717, 1.165) is 12.8 Å². The molecule has 1 rings (SSSR count). The Hall–Kier alpha value is -1.30. The molecule has 1 aliphatic carbocycles. The number of carbonyl (C=O) groups is 1. The molecule has 11 heavy (non-hydrogen) atoms. The Morgan fingerprint density at radius 1 is 1.73 bits per heavy atom. The van der Waals surface area contributed by atoms with Crippen molar-refractivity contribution in [1.29, 1.82) is 5.26 Å². The van der Waals surface area contributed by atoms with Gasteiger partial charge in [0.05, 0.1) is 6.07 Å². The molecule has 0 bridgehead atoms. The van der Waals surface area contributed by atoms with E-state index in [1.54, 1.807) is 13.0 Å². The third kappa shape index (κ3) is 1.81. The van der Waals surface area contributed by atoms with Crippen LogP contribution >= 0.6 is 0 Å². The zero-order valence-corrected chi connectivity index (χ0v) is 6.42. The van der Waals surface area contributed by atoms with E-state index in [1.165, 1.54) is 6.08 Å². The zero-order chi connectivity index (χ0) is 8.32. The van der Waals surface area contributed by atoms with Crippen molar-refractivity contribution in [3.05, 3.63) is 12.2 Å². The average Bonchev–Trinajstić information content (AvgIpc) is 2.70. The highest BCUT2D eigenvalue weighted by Gasteiger charge is 2.44. The SMILES string of the molecule is C/C=C/C(=O)NC1(C#N)CC1. The molecule has 1 saturated carbocycles. The minimum absolute atomic E-state index is 0.174. The Balaban J connectivity index is 2.44. The van der Waals surface area contributed by atoms with Crippen molar-refractivity contribution in [3.63, 3.8) is 0 Å². The van der Waals surface area contributed by atoms with Crippen LogP contribution in [0.25, 0.3) is 0 Å². The van der Waals surface area contributed by atoms with Crippen molar-refractivity contribution in [1.82, 2.24) is 5.32 Å². The predicted octanol–water partition coefficient (Wildman–Crippen LogP) is 0.735. The van der Waals surface area contributed by atoms with Gasteiger partial charge in [-0.25, -0.2) is 0 Å². The highest BCUT2D eigenvalue weighted by molar-refractivity contribution is 5.88. The van der Waals surface area contributed by atoms with Gasteiger partial charge in [0, 0.05) is 0 Å². The van der Waals surface area contributed by atoms with Gasteiger partial charge in [-0.2, -0.15) is 5.26 Å². The number of hydrogen-bond donors (Lipinski definition) is 1. The van der Waals surface area contributed by atoms with Crippen LogP contribution in [0.5, 0.6) is 0 Å². The van der Waals surface area contributed by atoms with E-state index in [2.05, 4.69) is 11.4 Å². The third-order valence-electron chi connectivity index (χ3n) is 1.64. The minimum Gasteiger partial charge on any atom is -0.334 e. The van der Waals surface area contributed by atoms with Crippen molar-refractivity contribution >= 4 is 5.91 Å². The summed E-state index contributed by atoms with van der Waals surface area (Å²) in [5.74, 6) is -0.174. The standard InChI is InChI=1S/C8H10N2O/c1-2-3-7(11)10-8(6-9)4-5-8/h2-3H,4-5H2,1H3,(H,10,11)/b3-2+. The number of allylic oxidation sites excluding steroid dienone is 1. The van der Waals surface area contributed by atoms with Crippen LogP contribution in [-0.2, 0) is 4.79 Å². The third-order valence-corrected chi connectivity index (χ3v) is 1.64. The van der Waals surface area contributed by atoms with Crippen molar-refractivity contribution < 1.29 is 4.79 Å². The first-order valence-corrected chi connectivity index (χ1v) is 3.58. The first kappa shape index (κ1) is 7.80. The van der Waals surface area contributed by atoms with E-state index in [0.29, 0.717) is 0 Å². The van der Waals surface area contributed by atoms with Crippen molar-refractivity contribution in [2.24, 2.45) is 0 Å². The first-order chi connectivity index (χ1) is 5.22. The second-order valence-electron chi connectivity index (χ2n) is 2.68. The average molecular weight is 150 g/mol. The van der Waals surface area contributed by atoms with Crippen molar-refractivity contribution in [2.75, 3.05) is 0 Å². The van der Waals surface area contributed by atoms with Gasteiger partial charge in [0.25, 0.3) is 0 Å². The van der Waals surface area contributed by atoms with E-state index >= 15 is 0 Å². The maximum atomic E-state index is 10.9. The molecule has 1 aliphatic rings. The Morgan fingerprint density at radius 2 is 2.36 bits per heavy atom. The molecule has 0 atom stereocenters. The fraction of sp³-hybridized carbons (Fsp3) is 0.500. The lowest BCUT2D eigenvalue weighted by atomic mass is 10.3. The predicted molar refractivity (Wildman–Crippen MR) is 40.5 cm³/mol. The molecule has 0 saturated heterocycles. The van der Waals surface area contributed by atoms with Crippen LogP contribution in [0.4, 0.5) is 0 Å². The molecule has 1 amide bonds. The first-order valence-electron chi connectivity index (χ1n) is 3.58. The minimum atomic E-state index is -0.531. The van der Waals surface area contributed by atoms with Crippen LogP contribution in [0, 0.1) is 11.3 Å². The van der Waals surface area contributed by atoms with Gasteiger partial charge >= 0.3 is 0 Å². The van der Waals surface area contributed by atoms with Gasteiger partial charge in [0.15, 0.2) is 0 Å². The lowest BCUT2D eigenvalue weighted by molar-refractivity contribution is -0.117. The Morgan fingerprint density at radius 3 is 2.73 bits per heavy atom. The highest BCUT2D eigenvalue weighted by atomic mass is 16.1. The Bertz CT molecular complexity index is 233. The van der Waals surface area contributed by atoms with Crippen LogP contribution in [0.15, 0.2) is 12.2 Å². The topological polar surface area (TPSA) is 52.9 Å². The fourth-order valence-corrected chi connectivity index (χ4v) is 0.819. The van der Waals surface area contributed by atoms with E-state index < -0.39 is 5.54 Å². The number of carbonyl (C=O) groups excluding carboxylic acids is 1. The number of hydrogen-bond acceptors (Lipinski definition) is 2. The molecule has 0 aromatic rings. The van der Waals surface area contributed by atoms with Gasteiger partial charge in [0.1, 0.15) is 5.54 Å². The molecule has 0 radical (unpaired) electrons. The molecule has 0 aromatic heterocycles. The number of rotatable bonds is 2. The van der Waals surface area contributed by atoms with Gasteiger partial charge in [0.2, 0.25) is 5.91 Å². The molecular weight excluding hydrogens is 140 g/mol. The molecule has 0 aliphatic heterocycles. The molecule has 1 N–H and O–H groups in total. The van der Waals surface area contributed by atoms with Gasteiger partial charge in [-0.1, -0.05) is 6.08 Å².